The zero-order valence-corrected chi connectivity index (χ0v) is 19.8. The lowest BCUT2D eigenvalue weighted by atomic mass is 9.84. The standard InChI is InChI=1S/C24H16ClF2N5O2S/c1-2-34-22(33)18-11-35-24(30-18)32-23-29-9-12-6-7-13-14(20-16(26)4-3-5-17(20)27)8-19(25)28-10-15(13)21(12)31-23/h3-5,7-11H,2,6H2,1H3,(H,29,30,31,32). The number of esters is 1. The predicted octanol–water partition coefficient (Wildman–Crippen LogP) is 5.69. The molecule has 0 saturated carbocycles. The van der Waals surface area contributed by atoms with Crippen LogP contribution in [0.25, 0.3) is 11.1 Å². The molecule has 0 radical (unpaired) electrons. The second kappa shape index (κ2) is 9.47. The van der Waals surface area contributed by atoms with Crippen molar-refractivity contribution in [3.05, 3.63) is 87.9 Å². The molecule has 0 bridgehead atoms. The molecule has 1 aliphatic carbocycles. The third-order valence-corrected chi connectivity index (χ3v) is 6.21. The first-order chi connectivity index (χ1) is 16.9. The van der Waals surface area contributed by atoms with Gasteiger partial charge in [0.05, 0.1) is 17.9 Å². The molecule has 0 atom stereocenters. The minimum atomic E-state index is -0.708. The van der Waals surface area contributed by atoms with E-state index in [1.165, 1.54) is 41.8 Å². The fourth-order valence-electron chi connectivity index (χ4n) is 3.73. The van der Waals surface area contributed by atoms with Gasteiger partial charge in [-0.25, -0.2) is 33.5 Å². The van der Waals surface area contributed by atoms with Gasteiger partial charge in [0.25, 0.3) is 0 Å². The summed E-state index contributed by atoms with van der Waals surface area (Å²) in [5.41, 5.74) is 2.72. The fraction of sp³-hybridized carbons (Fsp3) is 0.125. The minimum absolute atomic E-state index is 0.0775. The van der Waals surface area contributed by atoms with E-state index < -0.39 is 17.6 Å². The number of fused-ring (bicyclic) bond motifs is 3. The number of nitrogens with zero attached hydrogens (tertiary/aromatic N) is 4. The monoisotopic (exact) mass is 511 g/mol. The molecule has 11 heteroatoms. The lowest BCUT2D eigenvalue weighted by molar-refractivity contribution is 0.0520. The first-order valence-electron chi connectivity index (χ1n) is 10.5. The Morgan fingerprint density at radius 3 is 2.77 bits per heavy atom. The highest BCUT2D eigenvalue weighted by Crippen LogP contribution is 2.41. The normalized spacial score (nSPS) is 14.5. The molecule has 35 heavy (non-hydrogen) atoms. The van der Waals surface area contributed by atoms with Gasteiger partial charge in [-0.3, -0.25) is 0 Å². The minimum Gasteiger partial charge on any atom is -0.461 e. The van der Waals surface area contributed by atoms with E-state index in [1.54, 1.807) is 18.5 Å². The van der Waals surface area contributed by atoms with Crippen LogP contribution in [0, 0.1) is 11.6 Å². The first kappa shape index (κ1) is 23.0. The number of aromatic nitrogens is 3. The van der Waals surface area contributed by atoms with Gasteiger partial charge < -0.3 is 10.1 Å². The Morgan fingerprint density at radius 1 is 1.20 bits per heavy atom. The van der Waals surface area contributed by atoms with E-state index in [0.717, 1.165) is 5.56 Å². The van der Waals surface area contributed by atoms with Crippen molar-refractivity contribution in [3.8, 4) is 0 Å². The van der Waals surface area contributed by atoms with Crippen molar-refractivity contribution in [1.82, 2.24) is 15.0 Å². The summed E-state index contributed by atoms with van der Waals surface area (Å²) < 4.78 is 34.3. The quantitative estimate of drug-likeness (QED) is 0.443. The molecule has 1 N–H and O–H groups in total. The first-order valence-corrected chi connectivity index (χ1v) is 11.8. The maximum absolute atomic E-state index is 14.7. The van der Waals surface area contributed by atoms with E-state index in [9.17, 15) is 13.6 Å². The van der Waals surface area contributed by atoms with Gasteiger partial charge in [-0.1, -0.05) is 23.7 Å². The summed E-state index contributed by atoms with van der Waals surface area (Å²) in [5, 5.41) is 5.04. The molecule has 0 unspecified atom stereocenters. The number of ether oxygens (including phenoxy) is 1. The maximum atomic E-state index is 14.7. The molecule has 2 aromatic heterocycles. The van der Waals surface area contributed by atoms with Gasteiger partial charge >= 0.3 is 5.97 Å². The summed E-state index contributed by atoms with van der Waals surface area (Å²) in [5.74, 6) is -1.70. The number of carbonyl (C=O) groups excluding carboxylic acids is 1. The van der Waals surface area contributed by atoms with Crippen LogP contribution in [0.1, 0.15) is 34.2 Å². The number of hydrogen-bond acceptors (Lipinski definition) is 8. The van der Waals surface area contributed by atoms with E-state index in [-0.39, 0.29) is 34.6 Å². The number of anilines is 2. The highest BCUT2D eigenvalue weighted by molar-refractivity contribution is 7.14. The molecule has 3 heterocycles. The van der Waals surface area contributed by atoms with Crippen LogP contribution in [-0.2, 0) is 11.2 Å². The molecule has 5 rings (SSSR count). The summed E-state index contributed by atoms with van der Waals surface area (Å²) in [7, 11) is 0. The van der Waals surface area contributed by atoms with E-state index in [0.29, 0.717) is 28.4 Å². The number of halogens is 3. The Hall–Kier alpha value is -3.76. The highest BCUT2D eigenvalue weighted by atomic mass is 35.5. The summed E-state index contributed by atoms with van der Waals surface area (Å²) in [6.45, 7) is 1.96. The van der Waals surface area contributed by atoms with Crippen molar-refractivity contribution >= 4 is 56.3 Å². The average molecular weight is 512 g/mol. The number of carbonyl (C=O) groups is 1. The van der Waals surface area contributed by atoms with Crippen LogP contribution in [0.4, 0.5) is 19.9 Å². The molecular formula is C24H16ClF2N5O2S. The maximum Gasteiger partial charge on any atom is 0.357 e. The van der Waals surface area contributed by atoms with E-state index in [4.69, 9.17) is 16.3 Å². The number of nitrogens with one attached hydrogen (secondary N) is 1. The van der Waals surface area contributed by atoms with Crippen LogP contribution in [0.3, 0.4) is 0 Å². The Balaban J connectivity index is 1.51. The van der Waals surface area contributed by atoms with E-state index in [2.05, 4.69) is 25.3 Å². The van der Waals surface area contributed by atoms with Crippen molar-refractivity contribution in [3.63, 3.8) is 0 Å². The average Bonchev–Trinajstić information content (AvgIpc) is 3.23. The third-order valence-electron chi connectivity index (χ3n) is 5.25. The van der Waals surface area contributed by atoms with Gasteiger partial charge in [0.15, 0.2) is 10.8 Å². The van der Waals surface area contributed by atoms with Crippen LogP contribution in [0.15, 0.2) is 58.7 Å². The number of hydrogen-bond donors (Lipinski definition) is 1. The number of benzene rings is 1. The van der Waals surface area contributed by atoms with Gasteiger partial charge in [0.1, 0.15) is 16.8 Å². The molecule has 1 aliphatic heterocycles. The number of rotatable bonds is 5. The summed E-state index contributed by atoms with van der Waals surface area (Å²) in [4.78, 5) is 29.3. The molecule has 2 aliphatic rings. The largest absolute Gasteiger partial charge is 0.461 e. The van der Waals surface area contributed by atoms with Crippen molar-refractivity contribution in [1.29, 1.82) is 0 Å². The predicted molar refractivity (Wildman–Crippen MR) is 131 cm³/mol. The summed E-state index contributed by atoms with van der Waals surface area (Å²) >= 11 is 7.42. The zero-order chi connectivity index (χ0) is 24.5. The molecule has 7 nitrogen and oxygen atoms in total. The summed E-state index contributed by atoms with van der Waals surface area (Å²) in [6, 6.07) is 3.69. The van der Waals surface area contributed by atoms with Crippen LogP contribution in [0.2, 0.25) is 0 Å². The number of thiazole rings is 1. The van der Waals surface area contributed by atoms with Gasteiger partial charge in [-0.05, 0) is 42.7 Å². The molecular weight excluding hydrogens is 496 g/mol. The molecule has 0 spiro atoms. The molecule has 3 aromatic rings. The molecule has 1 aromatic carbocycles. The lowest BCUT2D eigenvalue weighted by Gasteiger charge is -2.21. The summed E-state index contributed by atoms with van der Waals surface area (Å²) in [6.07, 6.45) is 6.91. The van der Waals surface area contributed by atoms with E-state index in [1.807, 2.05) is 6.08 Å². The van der Waals surface area contributed by atoms with Crippen molar-refractivity contribution in [2.75, 3.05) is 11.9 Å². The molecule has 176 valence electrons. The van der Waals surface area contributed by atoms with Crippen molar-refractivity contribution in [2.45, 2.75) is 13.3 Å². The van der Waals surface area contributed by atoms with Gasteiger partial charge in [0, 0.05) is 28.9 Å². The van der Waals surface area contributed by atoms with Crippen molar-refractivity contribution < 1.29 is 18.3 Å². The topological polar surface area (TPSA) is 89.4 Å². The van der Waals surface area contributed by atoms with Gasteiger partial charge in [-0.15, -0.1) is 11.3 Å². The molecule has 0 amide bonds. The second-order valence-corrected chi connectivity index (χ2v) is 8.67. The Morgan fingerprint density at radius 2 is 2.00 bits per heavy atom. The Labute approximate surface area is 207 Å². The van der Waals surface area contributed by atoms with Crippen LogP contribution >= 0.6 is 22.9 Å². The van der Waals surface area contributed by atoms with Crippen molar-refractivity contribution in [2.24, 2.45) is 4.99 Å². The van der Waals surface area contributed by atoms with E-state index >= 15 is 0 Å². The van der Waals surface area contributed by atoms with Crippen LogP contribution in [0.5, 0.6) is 0 Å². The highest BCUT2D eigenvalue weighted by Gasteiger charge is 2.27. The Bertz CT molecular complexity index is 1460. The number of aliphatic imine (C=N–C) groups is 1. The third kappa shape index (κ3) is 4.50. The van der Waals surface area contributed by atoms with Gasteiger partial charge in [0.2, 0.25) is 5.95 Å². The number of allylic oxidation sites excluding steroid dienone is 5. The smallest absolute Gasteiger partial charge is 0.357 e. The van der Waals surface area contributed by atoms with Crippen LogP contribution in [-0.4, -0.2) is 32.7 Å². The zero-order valence-electron chi connectivity index (χ0n) is 18.2. The lowest BCUT2D eigenvalue weighted by Crippen LogP contribution is -2.10. The fourth-order valence-corrected chi connectivity index (χ4v) is 4.56. The molecule has 0 saturated heterocycles. The second-order valence-electron chi connectivity index (χ2n) is 7.42. The molecule has 0 fully saturated rings. The van der Waals surface area contributed by atoms with Gasteiger partial charge in [-0.2, -0.15) is 0 Å². The Kier molecular flexibility index (Phi) is 6.23. The SMILES string of the molecule is CCOC(=O)c1csc(Nc2ncc3c(n2)C2=CN=C(Cl)C=C(c4c(F)cccc4F)C2=CC3)n1. The van der Waals surface area contributed by atoms with Crippen LogP contribution < -0.4 is 5.32 Å².